The molecule has 1 aliphatic rings. The third-order valence-electron chi connectivity index (χ3n) is 2.43. The summed E-state index contributed by atoms with van der Waals surface area (Å²) >= 11 is 0. The number of H-pyrrole nitrogens is 1. The van der Waals surface area contributed by atoms with Crippen molar-refractivity contribution in [3.63, 3.8) is 0 Å². The lowest BCUT2D eigenvalue weighted by atomic mass is 10.3. The second kappa shape index (κ2) is 2.98. The number of nitrogens with one attached hydrogen (secondary N) is 2. The molecule has 0 bridgehead atoms. The van der Waals surface area contributed by atoms with Crippen molar-refractivity contribution >= 4 is 11.5 Å². The van der Waals surface area contributed by atoms with Gasteiger partial charge in [0.2, 0.25) is 0 Å². The van der Waals surface area contributed by atoms with E-state index in [0.29, 0.717) is 5.82 Å². The summed E-state index contributed by atoms with van der Waals surface area (Å²) in [6, 6.07) is 0. The van der Waals surface area contributed by atoms with Gasteiger partial charge in [0.25, 0.3) is 5.56 Å². The number of anilines is 2. The lowest BCUT2D eigenvalue weighted by Gasteiger charge is -2.15. The Morgan fingerprint density at radius 3 is 3.00 bits per heavy atom. The van der Waals surface area contributed by atoms with E-state index in [1.807, 2.05) is 0 Å². The first-order chi connectivity index (χ1) is 6.67. The lowest BCUT2D eigenvalue weighted by molar-refractivity contribution is 0.266. The molecule has 0 spiro atoms. The first-order valence-corrected chi connectivity index (χ1v) is 4.39. The largest absolute Gasteiger partial charge is 0.394 e. The Morgan fingerprint density at radius 2 is 2.43 bits per heavy atom. The Bertz CT molecular complexity index is 397. The summed E-state index contributed by atoms with van der Waals surface area (Å²) in [6.07, 6.45) is 3.03. The molecule has 1 aromatic rings. The third-order valence-corrected chi connectivity index (χ3v) is 2.43. The molecule has 0 aliphatic heterocycles. The zero-order chi connectivity index (χ0) is 10.2. The van der Waals surface area contributed by atoms with Gasteiger partial charge in [-0.05, 0) is 12.8 Å². The van der Waals surface area contributed by atoms with Crippen molar-refractivity contribution in [2.75, 3.05) is 17.7 Å². The third kappa shape index (κ3) is 1.44. The molecule has 0 aromatic carbocycles. The summed E-state index contributed by atoms with van der Waals surface area (Å²) < 4.78 is 0. The molecule has 0 amide bonds. The van der Waals surface area contributed by atoms with Crippen LogP contribution in [-0.2, 0) is 0 Å². The Morgan fingerprint density at radius 1 is 1.71 bits per heavy atom. The smallest absolute Gasteiger partial charge is 0.276 e. The number of aromatic nitrogens is 2. The van der Waals surface area contributed by atoms with E-state index in [0.717, 1.165) is 12.8 Å². The van der Waals surface area contributed by atoms with Crippen LogP contribution in [0.15, 0.2) is 11.1 Å². The summed E-state index contributed by atoms with van der Waals surface area (Å²) in [4.78, 5) is 17.4. The Balaban J connectivity index is 2.25. The molecule has 76 valence electrons. The zero-order valence-corrected chi connectivity index (χ0v) is 7.58. The van der Waals surface area contributed by atoms with Gasteiger partial charge in [0.1, 0.15) is 5.69 Å². The molecular weight excluding hydrogens is 184 g/mol. The number of aliphatic hydroxyl groups is 1. The molecule has 1 aliphatic carbocycles. The average molecular weight is 196 g/mol. The van der Waals surface area contributed by atoms with Gasteiger partial charge in [-0.25, -0.2) is 4.98 Å². The number of nitrogens with zero attached hydrogens (tertiary/aromatic N) is 1. The fraction of sp³-hybridized carbons (Fsp3) is 0.500. The van der Waals surface area contributed by atoms with Crippen LogP contribution in [0.25, 0.3) is 0 Å². The minimum absolute atomic E-state index is 0.0287. The first-order valence-electron chi connectivity index (χ1n) is 4.39. The standard InChI is InChI=1S/C8H12N4O2/c9-5-6(10-4-11-7(5)14)12-8(3-13)1-2-8/h4,13H,1-3,9H2,(H2,10,11,12,14). The van der Waals surface area contributed by atoms with E-state index >= 15 is 0 Å². The van der Waals surface area contributed by atoms with Gasteiger partial charge in [-0.3, -0.25) is 4.79 Å². The van der Waals surface area contributed by atoms with E-state index in [9.17, 15) is 4.79 Å². The van der Waals surface area contributed by atoms with Gasteiger partial charge in [-0.2, -0.15) is 0 Å². The van der Waals surface area contributed by atoms with Crippen LogP contribution in [0.2, 0.25) is 0 Å². The highest BCUT2D eigenvalue weighted by atomic mass is 16.3. The fourth-order valence-corrected chi connectivity index (χ4v) is 1.23. The van der Waals surface area contributed by atoms with Crippen molar-refractivity contribution < 1.29 is 5.11 Å². The lowest BCUT2D eigenvalue weighted by Crippen LogP contribution is -2.28. The molecule has 1 aromatic heterocycles. The summed E-state index contributed by atoms with van der Waals surface area (Å²) in [7, 11) is 0. The van der Waals surface area contributed by atoms with E-state index in [4.69, 9.17) is 10.8 Å². The highest BCUT2D eigenvalue weighted by Gasteiger charge is 2.42. The molecule has 0 atom stereocenters. The van der Waals surface area contributed by atoms with E-state index in [1.165, 1.54) is 6.33 Å². The van der Waals surface area contributed by atoms with E-state index in [-0.39, 0.29) is 23.4 Å². The normalized spacial score (nSPS) is 17.8. The van der Waals surface area contributed by atoms with E-state index < -0.39 is 0 Å². The summed E-state index contributed by atoms with van der Waals surface area (Å²) in [5, 5.41) is 12.0. The van der Waals surface area contributed by atoms with Crippen LogP contribution < -0.4 is 16.6 Å². The number of aliphatic hydroxyl groups excluding tert-OH is 1. The predicted octanol–water partition coefficient (Wildman–Crippen LogP) is -0.711. The fourth-order valence-electron chi connectivity index (χ4n) is 1.23. The second-order valence-corrected chi connectivity index (χ2v) is 3.56. The van der Waals surface area contributed by atoms with Gasteiger partial charge < -0.3 is 21.1 Å². The van der Waals surface area contributed by atoms with Gasteiger partial charge >= 0.3 is 0 Å². The van der Waals surface area contributed by atoms with Crippen LogP contribution in [0.1, 0.15) is 12.8 Å². The number of hydrogen-bond donors (Lipinski definition) is 4. The van der Waals surface area contributed by atoms with Crippen LogP contribution in [0.4, 0.5) is 11.5 Å². The SMILES string of the molecule is Nc1c(NC2(CO)CC2)nc[nH]c1=O. The average Bonchev–Trinajstić information content (AvgIpc) is 2.94. The topological polar surface area (TPSA) is 104 Å². The molecule has 0 unspecified atom stereocenters. The summed E-state index contributed by atoms with van der Waals surface area (Å²) in [5.74, 6) is 0.348. The molecule has 1 saturated carbocycles. The Kier molecular flexibility index (Phi) is 1.92. The van der Waals surface area contributed by atoms with Crippen molar-refractivity contribution in [1.29, 1.82) is 0 Å². The molecule has 6 heteroatoms. The first kappa shape index (κ1) is 9.01. The van der Waals surface area contributed by atoms with Crippen LogP contribution in [-0.4, -0.2) is 27.2 Å². The molecule has 2 rings (SSSR count). The van der Waals surface area contributed by atoms with E-state index in [1.54, 1.807) is 0 Å². The van der Waals surface area contributed by atoms with Crippen LogP contribution in [0.3, 0.4) is 0 Å². The number of rotatable bonds is 3. The highest BCUT2D eigenvalue weighted by molar-refractivity contribution is 5.61. The van der Waals surface area contributed by atoms with Gasteiger partial charge in [0, 0.05) is 0 Å². The molecule has 6 nitrogen and oxygen atoms in total. The highest BCUT2D eigenvalue weighted by Crippen LogP contribution is 2.38. The molecular formula is C8H12N4O2. The summed E-state index contributed by atoms with van der Waals surface area (Å²) in [6.45, 7) is 0.0287. The zero-order valence-electron chi connectivity index (χ0n) is 7.58. The predicted molar refractivity (Wildman–Crippen MR) is 51.9 cm³/mol. The van der Waals surface area contributed by atoms with Gasteiger partial charge in [0.05, 0.1) is 18.5 Å². The maximum absolute atomic E-state index is 11.1. The summed E-state index contributed by atoms with van der Waals surface area (Å²) in [5.41, 5.74) is 4.91. The van der Waals surface area contributed by atoms with Crippen molar-refractivity contribution in [1.82, 2.24) is 9.97 Å². The quantitative estimate of drug-likeness (QED) is 0.511. The second-order valence-electron chi connectivity index (χ2n) is 3.56. The van der Waals surface area contributed by atoms with Gasteiger partial charge in [-0.1, -0.05) is 0 Å². The molecule has 1 fully saturated rings. The maximum Gasteiger partial charge on any atom is 0.276 e. The van der Waals surface area contributed by atoms with Crippen molar-refractivity contribution in [2.24, 2.45) is 0 Å². The monoisotopic (exact) mass is 196 g/mol. The number of nitrogen functional groups attached to an aromatic ring is 1. The number of nitrogens with two attached hydrogens (primary N) is 1. The molecule has 14 heavy (non-hydrogen) atoms. The van der Waals surface area contributed by atoms with Crippen LogP contribution in [0.5, 0.6) is 0 Å². The number of hydrogen-bond acceptors (Lipinski definition) is 5. The number of aromatic amines is 1. The van der Waals surface area contributed by atoms with Gasteiger partial charge in [0.15, 0.2) is 5.82 Å². The Hall–Kier alpha value is -1.56. The Labute approximate surface area is 80.2 Å². The molecule has 0 radical (unpaired) electrons. The van der Waals surface area contributed by atoms with Crippen molar-refractivity contribution in [3.05, 3.63) is 16.7 Å². The van der Waals surface area contributed by atoms with Crippen LogP contribution in [0, 0.1) is 0 Å². The minimum Gasteiger partial charge on any atom is -0.394 e. The minimum atomic E-state index is -0.365. The van der Waals surface area contributed by atoms with E-state index in [2.05, 4.69) is 15.3 Å². The maximum atomic E-state index is 11.1. The van der Waals surface area contributed by atoms with Crippen molar-refractivity contribution in [2.45, 2.75) is 18.4 Å². The molecule has 1 heterocycles. The molecule has 5 N–H and O–H groups in total. The van der Waals surface area contributed by atoms with Crippen molar-refractivity contribution in [3.8, 4) is 0 Å². The van der Waals surface area contributed by atoms with Gasteiger partial charge in [-0.15, -0.1) is 0 Å². The van der Waals surface area contributed by atoms with Crippen LogP contribution >= 0.6 is 0 Å². The molecule has 0 saturated heterocycles.